The molecule has 40 heavy (non-hydrogen) atoms. The average molecular weight is 553 g/mol. The van der Waals surface area contributed by atoms with Gasteiger partial charge in [0.1, 0.15) is 29.9 Å². The number of benzene rings is 2. The lowest BCUT2D eigenvalue weighted by atomic mass is 10.0. The van der Waals surface area contributed by atoms with E-state index in [2.05, 4.69) is 10.6 Å². The first-order valence-corrected chi connectivity index (χ1v) is 12.6. The van der Waals surface area contributed by atoms with E-state index < -0.39 is 35.8 Å². The van der Waals surface area contributed by atoms with E-state index in [9.17, 15) is 14.7 Å². The molecule has 5 rings (SSSR count). The number of nitrogens with one attached hydrogen (secondary N) is 1. The first-order chi connectivity index (χ1) is 19.1. The van der Waals surface area contributed by atoms with Gasteiger partial charge in [0.05, 0.1) is 31.1 Å². The molecule has 3 heterocycles. The van der Waals surface area contributed by atoms with E-state index in [0.717, 1.165) is 11.3 Å². The number of hydrogen-bond acceptors (Lipinski definition) is 9. The van der Waals surface area contributed by atoms with Crippen LogP contribution in [0.2, 0.25) is 0 Å². The number of amides is 2. The zero-order valence-corrected chi connectivity index (χ0v) is 22.2. The summed E-state index contributed by atoms with van der Waals surface area (Å²) in [5.41, 5.74) is 4.89. The van der Waals surface area contributed by atoms with Crippen molar-refractivity contribution in [2.75, 3.05) is 29.5 Å². The zero-order chi connectivity index (χ0) is 28.4. The van der Waals surface area contributed by atoms with E-state index >= 15 is 4.39 Å². The Hall–Kier alpha value is -4.42. The first kappa shape index (κ1) is 27.2. The maximum atomic E-state index is 15.2. The Labute approximate surface area is 229 Å². The molecule has 0 bridgehead atoms. The molecule has 1 saturated heterocycles. The lowest BCUT2D eigenvalue weighted by Gasteiger charge is -2.26. The fourth-order valence-electron chi connectivity index (χ4n) is 4.33. The van der Waals surface area contributed by atoms with Crippen LogP contribution in [0.25, 0.3) is 16.8 Å². The minimum absolute atomic E-state index is 0.0357. The number of carbonyl (C=O) groups is 2. The van der Waals surface area contributed by atoms with E-state index in [4.69, 9.17) is 18.8 Å². The molecule has 0 radical (unpaired) electrons. The summed E-state index contributed by atoms with van der Waals surface area (Å²) in [6.45, 7) is 5.13. The number of rotatable bonds is 7. The van der Waals surface area contributed by atoms with Crippen LogP contribution in [-0.2, 0) is 14.3 Å². The van der Waals surface area contributed by atoms with Crippen molar-refractivity contribution in [3.05, 3.63) is 72.3 Å². The Bertz CT molecular complexity index is 1400. The highest BCUT2D eigenvalue weighted by Crippen LogP contribution is 2.31. The summed E-state index contributed by atoms with van der Waals surface area (Å²) in [5.74, 6) is -0.299. The molecular weight excluding hydrogens is 523 g/mol. The van der Waals surface area contributed by atoms with Crippen LogP contribution in [0.1, 0.15) is 26.3 Å². The molecule has 12 heteroatoms. The summed E-state index contributed by atoms with van der Waals surface area (Å²) < 4.78 is 31.1. The van der Waals surface area contributed by atoms with Crippen LogP contribution < -0.4 is 15.3 Å². The Morgan fingerprint density at radius 3 is 2.58 bits per heavy atom. The van der Waals surface area contributed by atoms with E-state index in [-0.39, 0.29) is 25.5 Å². The molecule has 3 aromatic rings. The lowest BCUT2D eigenvalue weighted by molar-refractivity contribution is 0.0173. The van der Waals surface area contributed by atoms with Crippen molar-refractivity contribution in [1.29, 1.82) is 0 Å². The number of anilines is 2. The Balaban J connectivity index is 1.28. The molecule has 1 aromatic heterocycles. The Morgan fingerprint density at radius 2 is 1.95 bits per heavy atom. The fourth-order valence-corrected chi connectivity index (χ4v) is 4.33. The van der Waals surface area contributed by atoms with Gasteiger partial charge in [0.2, 0.25) is 0 Å². The highest BCUT2D eigenvalue weighted by atomic mass is 19.1. The molecule has 2 amide bonds. The number of cyclic esters (lactones) is 1. The summed E-state index contributed by atoms with van der Waals surface area (Å²) in [7, 11) is 0. The number of aliphatic hydroxyl groups is 1. The summed E-state index contributed by atoms with van der Waals surface area (Å²) >= 11 is 0. The highest BCUT2D eigenvalue weighted by Gasteiger charge is 2.37. The number of aromatic nitrogens is 1. The number of hydrogen-bond donors (Lipinski definition) is 2. The van der Waals surface area contributed by atoms with Crippen molar-refractivity contribution in [2.24, 2.45) is 0 Å². The third kappa shape index (κ3) is 5.92. The van der Waals surface area contributed by atoms with Crippen molar-refractivity contribution >= 4 is 29.4 Å². The maximum absolute atomic E-state index is 15.2. The minimum atomic E-state index is -0.751. The summed E-state index contributed by atoms with van der Waals surface area (Å²) in [4.78, 5) is 33.3. The molecule has 1 unspecified atom stereocenters. The summed E-state index contributed by atoms with van der Waals surface area (Å²) in [5, 5.41) is 13.0. The SMILES string of the molecule is CC(C)(C)OC(=O)N(C[C@H]1CN(c2ccc(-c3ccc(C4=CC(CO)ON4)cc3)c(F)c2)C(=O)O1)c1ccon1. The van der Waals surface area contributed by atoms with Gasteiger partial charge in [0.25, 0.3) is 0 Å². The summed E-state index contributed by atoms with van der Waals surface area (Å²) in [6, 6.07) is 13.2. The van der Waals surface area contributed by atoms with E-state index in [1.54, 1.807) is 51.1 Å². The molecule has 2 N–H and O–H groups in total. The van der Waals surface area contributed by atoms with Crippen LogP contribution in [0.4, 0.5) is 25.5 Å². The fraction of sp³-hybridized carbons (Fsp3) is 0.321. The molecule has 2 atom stereocenters. The smallest absolute Gasteiger partial charge is 0.416 e. The Kier molecular flexibility index (Phi) is 7.46. The molecule has 1 fully saturated rings. The first-order valence-electron chi connectivity index (χ1n) is 12.6. The van der Waals surface area contributed by atoms with Crippen LogP contribution >= 0.6 is 0 Å². The number of halogens is 1. The normalized spacial score (nSPS) is 18.8. The topological polar surface area (TPSA) is 127 Å². The van der Waals surface area contributed by atoms with Crippen molar-refractivity contribution in [3.8, 4) is 11.1 Å². The lowest BCUT2D eigenvalue weighted by Crippen LogP contribution is -2.42. The van der Waals surface area contributed by atoms with Gasteiger partial charge in [-0.05, 0) is 56.2 Å². The van der Waals surface area contributed by atoms with Gasteiger partial charge in [-0.1, -0.05) is 29.4 Å². The van der Waals surface area contributed by atoms with Gasteiger partial charge < -0.3 is 19.1 Å². The van der Waals surface area contributed by atoms with Gasteiger partial charge in [0, 0.05) is 11.6 Å². The standard InChI is InChI=1S/C28H29FN4O7/c1-28(2,3)39-27(36)33(25-10-11-37-31-25)15-21-14-32(26(35)38-21)19-8-9-22(23(29)12-19)17-4-6-18(7-5-17)24-13-20(16-34)40-30-24/h4-13,20-21,30,34H,14-16H2,1-3H3/t20?,21-/m1/s1. The molecular formula is C28H29FN4O7. The molecule has 0 aliphatic carbocycles. The zero-order valence-electron chi connectivity index (χ0n) is 22.2. The predicted octanol–water partition coefficient (Wildman–Crippen LogP) is 4.48. The second kappa shape index (κ2) is 11.0. The highest BCUT2D eigenvalue weighted by molar-refractivity contribution is 5.91. The molecule has 210 valence electrons. The molecule has 0 saturated carbocycles. The van der Waals surface area contributed by atoms with Crippen LogP contribution in [0.15, 0.2) is 65.4 Å². The van der Waals surface area contributed by atoms with Gasteiger partial charge in [-0.2, -0.15) is 0 Å². The van der Waals surface area contributed by atoms with Gasteiger partial charge >= 0.3 is 12.2 Å². The van der Waals surface area contributed by atoms with Crippen molar-refractivity contribution in [3.63, 3.8) is 0 Å². The Morgan fingerprint density at radius 1 is 1.20 bits per heavy atom. The van der Waals surface area contributed by atoms with Crippen LogP contribution in [0, 0.1) is 5.82 Å². The van der Waals surface area contributed by atoms with Gasteiger partial charge in [-0.3, -0.25) is 20.1 Å². The van der Waals surface area contributed by atoms with Crippen molar-refractivity contribution in [2.45, 2.75) is 38.6 Å². The third-order valence-corrected chi connectivity index (χ3v) is 6.20. The van der Waals surface area contributed by atoms with E-state index in [0.29, 0.717) is 16.8 Å². The molecule has 2 aliphatic heterocycles. The van der Waals surface area contributed by atoms with Crippen LogP contribution in [0.3, 0.4) is 0 Å². The van der Waals surface area contributed by atoms with Gasteiger partial charge in [-0.15, -0.1) is 0 Å². The van der Waals surface area contributed by atoms with Crippen LogP contribution in [0.5, 0.6) is 0 Å². The van der Waals surface area contributed by atoms with Crippen LogP contribution in [-0.4, -0.2) is 60.0 Å². The number of nitrogens with zero attached hydrogens (tertiary/aromatic N) is 3. The van der Waals surface area contributed by atoms with Gasteiger partial charge in [0.15, 0.2) is 5.82 Å². The second-order valence-corrected chi connectivity index (χ2v) is 10.3. The van der Waals surface area contributed by atoms with Gasteiger partial charge in [-0.25, -0.2) is 14.0 Å². The maximum Gasteiger partial charge on any atom is 0.416 e. The number of ether oxygens (including phenoxy) is 2. The van der Waals surface area contributed by atoms with Crippen molar-refractivity contribution < 1.29 is 37.9 Å². The predicted molar refractivity (Wildman–Crippen MR) is 143 cm³/mol. The number of hydroxylamine groups is 1. The quantitative estimate of drug-likeness (QED) is 0.436. The van der Waals surface area contributed by atoms with E-state index in [1.165, 1.54) is 28.2 Å². The molecule has 0 spiro atoms. The molecule has 2 aliphatic rings. The summed E-state index contributed by atoms with van der Waals surface area (Å²) in [6.07, 6.45) is 0.621. The molecule has 2 aromatic carbocycles. The number of aliphatic hydroxyl groups excluding tert-OH is 1. The van der Waals surface area contributed by atoms with Crippen molar-refractivity contribution in [1.82, 2.24) is 10.6 Å². The second-order valence-electron chi connectivity index (χ2n) is 10.3. The average Bonchev–Trinajstić information content (AvgIpc) is 3.68. The largest absolute Gasteiger partial charge is 0.443 e. The monoisotopic (exact) mass is 552 g/mol. The molecule has 11 nitrogen and oxygen atoms in total. The van der Waals surface area contributed by atoms with E-state index in [1.807, 2.05) is 12.1 Å². The third-order valence-electron chi connectivity index (χ3n) is 6.20. The minimum Gasteiger partial charge on any atom is -0.443 e. The number of carbonyl (C=O) groups excluding carboxylic acids is 2.